The van der Waals surface area contributed by atoms with Gasteiger partial charge >= 0.3 is 0 Å². The lowest BCUT2D eigenvalue weighted by atomic mass is 9.79. The van der Waals surface area contributed by atoms with Gasteiger partial charge in [0.15, 0.2) is 5.96 Å². The summed E-state index contributed by atoms with van der Waals surface area (Å²) in [7, 11) is 1.88. The molecule has 0 amide bonds. The Bertz CT molecular complexity index is 403. The topological polar surface area (TPSA) is 56.7 Å². The number of hydrogen-bond donors (Lipinski definition) is 3. The summed E-state index contributed by atoms with van der Waals surface area (Å²) >= 11 is 0. The number of guanidine groups is 1. The third-order valence-electron chi connectivity index (χ3n) is 6.79. The van der Waals surface area contributed by atoms with Gasteiger partial charge in [0.25, 0.3) is 0 Å². The van der Waals surface area contributed by atoms with Gasteiger partial charge in [0.1, 0.15) is 0 Å². The number of nitrogens with zero attached hydrogens (tertiary/aromatic N) is 1. The van der Waals surface area contributed by atoms with Crippen molar-refractivity contribution >= 4 is 5.96 Å². The second-order valence-corrected chi connectivity index (χ2v) is 8.21. The second-order valence-electron chi connectivity index (χ2n) is 8.21. The van der Waals surface area contributed by atoms with Crippen molar-refractivity contribution in [3.8, 4) is 0 Å². The molecule has 3 aliphatic rings. The van der Waals surface area contributed by atoms with E-state index in [1.165, 1.54) is 64.2 Å². The van der Waals surface area contributed by atoms with Crippen molar-refractivity contribution in [3.63, 3.8) is 0 Å². The molecule has 0 aromatic rings. The molecule has 0 aliphatic heterocycles. The molecule has 0 saturated heterocycles. The van der Waals surface area contributed by atoms with E-state index in [-0.39, 0.29) is 5.41 Å². The first-order valence-corrected chi connectivity index (χ1v) is 9.83. The summed E-state index contributed by atoms with van der Waals surface area (Å²) in [6, 6.07) is 0.595. The first kappa shape index (κ1) is 17.1. The standard InChI is InChI=1S/C19H35N3O/c1-20-18(21-14-19(11-12-23)9-2-3-10-19)22-17-8-7-15-5-4-6-16(15)13-17/h15-17,23H,2-14H2,1H3,(H2,20,21,22). The highest BCUT2D eigenvalue weighted by Crippen LogP contribution is 2.42. The monoisotopic (exact) mass is 321 g/mol. The van der Waals surface area contributed by atoms with E-state index >= 15 is 0 Å². The molecular weight excluding hydrogens is 286 g/mol. The van der Waals surface area contributed by atoms with E-state index < -0.39 is 0 Å². The van der Waals surface area contributed by atoms with Gasteiger partial charge in [-0.2, -0.15) is 0 Å². The minimum Gasteiger partial charge on any atom is -0.396 e. The van der Waals surface area contributed by atoms with Crippen LogP contribution in [0.4, 0.5) is 0 Å². The SMILES string of the molecule is CN=C(NCC1(CCO)CCCC1)NC1CCC2CCCC2C1. The molecule has 3 N–H and O–H groups in total. The van der Waals surface area contributed by atoms with Gasteiger partial charge in [-0.05, 0) is 55.8 Å². The number of fused-ring (bicyclic) bond motifs is 1. The number of rotatable bonds is 5. The van der Waals surface area contributed by atoms with Crippen LogP contribution in [0.3, 0.4) is 0 Å². The van der Waals surface area contributed by atoms with Crippen molar-refractivity contribution in [3.05, 3.63) is 0 Å². The van der Waals surface area contributed by atoms with Gasteiger partial charge < -0.3 is 15.7 Å². The van der Waals surface area contributed by atoms with E-state index in [2.05, 4.69) is 15.6 Å². The van der Waals surface area contributed by atoms with Crippen LogP contribution >= 0.6 is 0 Å². The molecule has 0 aromatic heterocycles. The van der Waals surface area contributed by atoms with Gasteiger partial charge in [-0.3, -0.25) is 4.99 Å². The van der Waals surface area contributed by atoms with Gasteiger partial charge in [0.2, 0.25) is 0 Å². The Kier molecular flexibility index (Phi) is 5.84. The Morgan fingerprint density at radius 2 is 1.87 bits per heavy atom. The molecule has 23 heavy (non-hydrogen) atoms. The maximum Gasteiger partial charge on any atom is 0.191 e. The predicted octanol–water partition coefficient (Wildman–Crippen LogP) is 3.06. The molecule has 3 saturated carbocycles. The van der Waals surface area contributed by atoms with E-state index in [0.717, 1.165) is 30.8 Å². The summed E-state index contributed by atoms with van der Waals surface area (Å²) < 4.78 is 0. The average molecular weight is 322 g/mol. The molecule has 0 heterocycles. The van der Waals surface area contributed by atoms with E-state index in [1.807, 2.05) is 7.05 Å². The maximum absolute atomic E-state index is 9.39. The lowest BCUT2D eigenvalue weighted by Crippen LogP contribution is -2.48. The minimum atomic E-state index is 0.287. The van der Waals surface area contributed by atoms with Gasteiger partial charge in [-0.15, -0.1) is 0 Å². The van der Waals surface area contributed by atoms with Crippen molar-refractivity contribution in [2.75, 3.05) is 20.2 Å². The summed E-state index contributed by atoms with van der Waals surface area (Å²) in [5.41, 5.74) is 0.287. The molecule has 0 aromatic carbocycles. The molecule has 4 heteroatoms. The first-order chi connectivity index (χ1) is 11.2. The van der Waals surface area contributed by atoms with E-state index in [4.69, 9.17) is 0 Å². The summed E-state index contributed by atoms with van der Waals surface area (Å²) in [6.45, 7) is 1.26. The zero-order valence-corrected chi connectivity index (χ0v) is 14.8. The van der Waals surface area contributed by atoms with Gasteiger partial charge in [0, 0.05) is 26.2 Å². The second kappa shape index (κ2) is 7.87. The Morgan fingerprint density at radius 3 is 2.61 bits per heavy atom. The highest BCUT2D eigenvalue weighted by Gasteiger charge is 2.35. The number of aliphatic hydroxyl groups is 1. The minimum absolute atomic E-state index is 0.287. The largest absolute Gasteiger partial charge is 0.396 e. The predicted molar refractivity (Wildman–Crippen MR) is 95.6 cm³/mol. The van der Waals surface area contributed by atoms with Gasteiger partial charge in [-0.25, -0.2) is 0 Å². The Morgan fingerprint density at radius 1 is 1.09 bits per heavy atom. The zero-order chi connectivity index (χ0) is 16.1. The van der Waals surface area contributed by atoms with Crippen LogP contribution in [-0.2, 0) is 0 Å². The molecule has 4 nitrogen and oxygen atoms in total. The molecule has 3 atom stereocenters. The fourth-order valence-electron chi connectivity index (χ4n) is 5.37. The summed E-state index contributed by atoms with van der Waals surface area (Å²) in [4.78, 5) is 4.45. The fourth-order valence-corrected chi connectivity index (χ4v) is 5.37. The zero-order valence-electron chi connectivity index (χ0n) is 14.8. The average Bonchev–Trinajstić information content (AvgIpc) is 3.21. The fraction of sp³-hybridized carbons (Fsp3) is 0.947. The van der Waals surface area contributed by atoms with Crippen LogP contribution in [-0.4, -0.2) is 37.3 Å². The Balaban J connectivity index is 1.48. The van der Waals surface area contributed by atoms with Crippen molar-refractivity contribution in [2.45, 2.75) is 76.7 Å². The van der Waals surface area contributed by atoms with Crippen molar-refractivity contribution < 1.29 is 5.11 Å². The van der Waals surface area contributed by atoms with Crippen molar-refractivity contribution in [2.24, 2.45) is 22.2 Å². The summed E-state index contributed by atoms with van der Waals surface area (Å²) in [6.07, 6.45) is 14.4. The third kappa shape index (κ3) is 4.20. The molecular formula is C19H35N3O. The maximum atomic E-state index is 9.39. The van der Waals surface area contributed by atoms with Crippen molar-refractivity contribution in [1.29, 1.82) is 0 Å². The number of aliphatic imine (C=N–C) groups is 1. The molecule has 132 valence electrons. The van der Waals surface area contributed by atoms with Gasteiger partial charge in [-0.1, -0.05) is 32.1 Å². The number of nitrogens with one attached hydrogen (secondary N) is 2. The highest BCUT2D eigenvalue weighted by molar-refractivity contribution is 5.80. The van der Waals surface area contributed by atoms with Crippen LogP contribution in [0.15, 0.2) is 4.99 Å². The van der Waals surface area contributed by atoms with Gasteiger partial charge in [0.05, 0.1) is 0 Å². The molecule has 3 aliphatic carbocycles. The number of aliphatic hydroxyl groups excluding tert-OH is 1. The summed E-state index contributed by atoms with van der Waals surface area (Å²) in [5.74, 6) is 2.93. The lowest BCUT2D eigenvalue weighted by Gasteiger charge is -2.34. The van der Waals surface area contributed by atoms with E-state index in [9.17, 15) is 5.11 Å². The quantitative estimate of drug-likeness (QED) is 0.539. The van der Waals surface area contributed by atoms with Crippen LogP contribution in [0.2, 0.25) is 0 Å². The van der Waals surface area contributed by atoms with Crippen LogP contribution in [0, 0.1) is 17.3 Å². The molecule has 0 bridgehead atoms. The van der Waals surface area contributed by atoms with Crippen LogP contribution < -0.4 is 10.6 Å². The molecule has 3 rings (SSSR count). The van der Waals surface area contributed by atoms with Crippen molar-refractivity contribution in [1.82, 2.24) is 10.6 Å². The lowest BCUT2D eigenvalue weighted by molar-refractivity contribution is 0.185. The molecule has 3 unspecified atom stereocenters. The Hall–Kier alpha value is -0.770. The molecule has 3 fully saturated rings. The molecule has 0 spiro atoms. The van der Waals surface area contributed by atoms with Crippen LogP contribution in [0.25, 0.3) is 0 Å². The van der Waals surface area contributed by atoms with E-state index in [0.29, 0.717) is 12.6 Å². The third-order valence-corrected chi connectivity index (χ3v) is 6.79. The number of hydrogen-bond acceptors (Lipinski definition) is 2. The van der Waals surface area contributed by atoms with Crippen LogP contribution in [0.5, 0.6) is 0 Å². The van der Waals surface area contributed by atoms with E-state index in [1.54, 1.807) is 0 Å². The highest BCUT2D eigenvalue weighted by atomic mass is 16.3. The summed E-state index contributed by atoms with van der Waals surface area (Å²) in [5, 5.41) is 16.6. The van der Waals surface area contributed by atoms with Crippen LogP contribution in [0.1, 0.15) is 70.6 Å². The normalized spacial score (nSPS) is 33.5. The first-order valence-electron chi connectivity index (χ1n) is 9.83. The smallest absolute Gasteiger partial charge is 0.191 e. The molecule has 0 radical (unpaired) electrons. The Labute approximate surface area is 141 Å².